The minimum Gasteiger partial charge on any atom is -0.461 e. The summed E-state index contributed by atoms with van der Waals surface area (Å²) in [4.78, 5) is 36.5. The highest BCUT2D eigenvalue weighted by atomic mass is 16.5. The number of hydrogen-bond acceptors (Lipinski definition) is 6. The summed E-state index contributed by atoms with van der Waals surface area (Å²) in [5.74, 6) is -2.04. The molecule has 1 saturated heterocycles. The first kappa shape index (κ1) is 17.1. The predicted octanol–water partition coefficient (Wildman–Crippen LogP) is 0.518. The molecule has 1 aromatic carbocycles. The first-order valence-electron chi connectivity index (χ1n) is 8.21. The molecule has 0 spiro atoms. The van der Waals surface area contributed by atoms with Gasteiger partial charge < -0.3 is 4.74 Å². The van der Waals surface area contributed by atoms with Gasteiger partial charge in [-0.2, -0.15) is 5.10 Å². The number of esters is 1. The van der Waals surface area contributed by atoms with Gasteiger partial charge in [-0.15, -0.1) is 0 Å². The smallest absolute Gasteiger partial charge is 0.355 e. The number of amides is 2. The molecule has 25 heavy (non-hydrogen) atoms. The Hall–Kier alpha value is -2.74. The summed E-state index contributed by atoms with van der Waals surface area (Å²) in [5.41, 5.74) is 6.39. The van der Waals surface area contributed by atoms with Gasteiger partial charge in [0.2, 0.25) is 5.91 Å². The van der Waals surface area contributed by atoms with Crippen LogP contribution in [0.5, 0.6) is 0 Å². The molecule has 2 aliphatic rings. The van der Waals surface area contributed by atoms with Crippen molar-refractivity contribution in [2.75, 3.05) is 6.61 Å². The quantitative estimate of drug-likeness (QED) is 0.776. The summed E-state index contributed by atoms with van der Waals surface area (Å²) in [7, 11) is 0. The molecular formula is C17H20N4O4. The van der Waals surface area contributed by atoms with Crippen LogP contribution in [-0.4, -0.2) is 41.3 Å². The molecule has 0 aliphatic carbocycles. The molecule has 0 aromatic heterocycles. The zero-order valence-electron chi connectivity index (χ0n) is 14.1. The van der Waals surface area contributed by atoms with Gasteiger partial charge in [-0.05, 0) is 19.4 Å². The molecule has 2 heterocycles. The summed E-state index contributed by atoms with van der Waals surface area (Å²) in [6.45, 7) is 3.53. The van der Waals surface area contributed by atoms with E-state index in [1.165, 1.54) is 5.01 Å². The summed E-state index contributed by atoms with van der Waals surface area (Å²) in [5, 5.41) is 5.45. The number of hydrogen-bond donors (Lipinski definition) is 2. The highest BCUT2D eigenvalue weighted by molar-refractivity contribution is 6.42. The Morgan fingerprint density at radius 3 is 2.72 bits per heavy atom. The summed E-state index contributed by atoms with van der Waals surface area (Å²) >= 11 is 0. The molecule has 2 aliphatic heterocycles. The second-order valence-electron chi connectivity index (χ2n) is 5.97. The summed E-state index contributed by atoms with van der Waals surface area (Å²) in [6.07, 6.45) is -0.369. The van der Waals surface area contributed by atoms with Gasteiger partial charge in [0.15, 0.2) is 5.71 Å². The lowest BCUT2D eigenvalue weighted by atomic mass is 9.90. The summed E-state index contributed by atoms with van der Waals surface area (Å²) < 4.78 is 4.97. The Morgan fingerprint density at radius 1 is 1.32 bits per heavy atom. The van der Waals surface area contributed by atoms with Gasteiger partial charge in [0, 0.05) is 12.3 Å². The first-order valence-corrected chi connectivity index (χ1v) is 8.21. The molecule has 0 bridgehead atoms. The van der Waals surface area contributed by atoms with Gasteiger partial charge in [0.05, 0.1) is 12.5 Å². The van der Waals surface area contributed by atoms with E-state index in [0.29, 0.717) is 0 Å². The second kappa shape index (κ2) is 7.02. The number of nitrogens with one attached hydrogen (secondary N) is 2. The normalized spacial score (nSPS) is 26.2. The average Bonchev–Trinajstić information content (AvgIpc) is 2.91. The number of hydrazine groups is 1. The lowest BCUT2D eigenvalue weighted by molar-refractivity contribution is -0.139. The largest absolute Gasteiger partial charge is 0.461 e. The minimum absolute atomic E-state index is 0.0809. The zero-order chi connectivity index (χ0) is 18.0. The molecule has 132 valence electrons. The fraction of sp³-hybridized carbons (Fsp3) is 0.412. The highest BCUT2D eigenvalue weighted by Gasteiger charge is 2.44. The zero-order valence-corrected chi connectivity index (χ0v) is 14.1. The van der Waals surface area contributed by atoms with Crippen molar-refractivity contribution in [2.24, 2.45) is 11.0 Å². The van der Waals surface area contributed by atoms with Crippen LogP contribution < -0.4 is 10.9 Å². The highest BCUT2D eigenvalue weighted by Crippen LogP contribution is 2.31. The third-order valence-corrected chi connectivity index (χ3v) is 4.34. The SMILES string of the molecule is CCOC(=O)C1=NN(C2NNC(=O)CC2c2ccccc2)C(=O)C1C. The Bertz CT molecular complexity index is 719. The number of rotatable bonds is 4. The molecule has 0 saturated carbocycles. The number of benzene rings is 1. The van der Waals surface area contributed by atoms with Crippen LogP contribution in [0.25, 0.3) is 0 Å². The topological polar surface area (TPSA) is 100 Å². The Balaban J connectivity index is 1.91. The van der Waals surface area contributed by atoms with Crippen LogP contribution >= 0.6 is 0 Å². The summed E-state index contributed by atoms with van der Waals surface area (Å²) in [6, 6.07) is 9.44. The second-order valence-corrected chi connectivity index (χ2v) is 5.97. The number of carbonyl (C=O) groups excluding carboxylic acids is 3. The molecule has 1 fully saturated rings. The first-order chi connectivity index (χ1) is 12.0. The minimum atomic E-state index is -0.685. The van der Waals surface area contributed by atoms with Gasteiger partial charge in [0.1, 0.15) is 6.17 Å². The lowest BCUT2D eigenvalue weighted by Crippen LogP contribution is -2.59. The molecule has 3 atom stereocenters. The van der Waals surface area contributed by atoms with Crippen molar-refractivity contribution in [3.8, 4) is 0 Å². The van der Waals surface area contributed by atoms with Crippen LogP contribution in [0.15, 0.2) is 35.4 Å². The van der Waals surface area contributed by atoms with Gasteiger partial charge in [-0.1, -0.05) is 30.3 Å². The third kappa shape index (κ3) is 3.25. The van der Waals surface area contributed by atoms with E-state index >= 15 is 0 Å². The van der Waals surface area contributed by atoms with E-state index in [2.05, 4.69) is 16.0 Å². The van der Waals surface area contributed by atoms with E-state index in [1.54, 1.807) is 13.8 Å². The van der Waals surface area contributed by atoms with Crippen molar-refractivity contribution in [3.63, 3.8) is 0 Å². The van der Waals surface area contributed by atoms with Crippen LogP contribution in [0.2, 0.25) is 0 Å². The Kier molecular flexibility index (Phi) is 4.80. The van der Waals surface area contributed by atoms with Gasteiger partial charge in [-0.3, -0.25) is 15.0 Å². The van der Waals surface area contributed by atoms with Crippen LogP contribution in [0, 0.1) is 5.92 Å². The van der Waals surface area contributed by atoms with Crippen LogP contribution in [-0.2, 0) is 19.1 Å². The Morgan fingerprint density at radius 2 is 2.04 bits per heavy atom. The third-order valence-electron chi connectivity index (χ3n) is 4.34. The van der Waals surface area contributed by atoms with Gasteiger partial charge in [0.25, 0.3) is 5.91 Å². The van der Waals surface area contributed by atoms with E-state index in [0.717, 1.165) is 5.56 Å². The molecule has 3 rings (SSSR count). The number of carbonyl (C=O) groups is 3. The standard InChI is InChI=1S/C17H20N4O4/c1-3-25-17(24)14-10(2)16(23)21(20-14)15-12(9-13(22)18-19-15)11-7-5-4-6-8-11/h4-8,10,12,15,19H,3,9H2,1-2H3,(H,18,22). The van der Waals surface area contributed by atoms with Crippen LogP contribution in [0.1, 0.15) is 31.7 Å². The Labute approximate surface area is 145 Å². The van der Waals surface area contributed by atoms with Crippen LogP contribution in [0.3, 0.4) is 0 Å². The lowest BCUT2D eigenvalue weighted by Gasteiger charge is -2.36. The maximum atomic E-state index is 12.6. The monoisotopic (exact) mass is 344 g/mol. The molecule has 8 nitrogen and oxygen atoms in total. The van der Waals surface area contributed by atoms with Crippen molar-refractivity contribution < 1.29 is 19.1 Å². The molecule has 3 unspecified atom stereocenters. The van der Waals surface area contributed by atoms with E-state index < -0.39 is 18.1 Å². The van der Waals surface area contributed by atoms with E-state index in [-0.39, 0.29) is 36.5 Å². The van der Waals surface area contributed by atoms with Crippen molar-refractivity contribution in [2.45, 2.75) is 32.4 Å². The molecular weight excluding hydrogens is 324 g/mol. The molecule has 2 N–H and O–H groups in total. The maximum absolute atomic E-state index is 12.6. The average molecular weight is 344 g/mol. The predicted molar refractivity (Wildman–Crippen MR) is 88.9 cm³/mol. The van der Waals surface area contributed by atoms with E-state index in [9.17, 15) is 14.4 Å². The van der Waals surface area contributed by atoms with Gasteiger partial charge >= 0.3 is 5.97 Å². The molecule has 1 aromatic rings. The fourth-order valence-corrected chi connectivity index (χ4v) is 3.04. The fourth-order valence-electron chi connectivity index (χ4n) is 3.04. The number of nitrogens with zero attached hydrogens (tertiary/aromatic N) is 2. The number of ether oxygens (including phenoxy) is 1. The van der Waals surface area contributed by atoms with Crippen molar-refractivity contribution in [1.29, 1.82) is 0 Å². The van der Waals surface area contributed by atoms with Gasteiger partial charge in [-0.25, -0.2) is 15.2 Å². The van der Waals surface area contributed by atoms with E-state index in [1.807, 2.05) is 30.3 Å². The number of hydrazone groups is 1. The van der Waals surface area contributed by atoms with Crippen molar-refractivity contribution >= 4 is 23.5 Å². The molecule has 2 amide bonds. The van der Waals surface area contributed by atoms with Crippen molar-refractivity contribution in [3.05, 3.63) is 35.9 Å². The van der Waals surface area contributed by atoms with Crippen LogP contribution in [0.4, 0.5) is 0 Å². The molecule has 0 radical (unpaired) electrons. The maximum Gasteiger partial charge on any atom is 0.355 e. The van der Waals surface area contributed by atoms with Crippen molar-refractivity contribution in [1.82, 2.24) is 15.9 Å². The van der Waals surface area contributed by atoms with E-state index in [4.69, 9.17) is 4.74 Å². The molecule has 8 heteroatoms.